The second-order valence-electron chi connectivity index (χ2n) is 8.47. The summed E-state index contributed by atoms with van der Waals surface area (Å²) >= 11 is 1.59. The zero-order valence-corrected chi connectivity index (χ0v) is 16.5. The summed E-state index contributed by atoms with van der Waals surface area (Å²) in [5.74, 6) is 0. The van der Waals surface area contributed by atoms with E-state index in [1.54, 1.807) is 24.9 Å². The number of aryl methyl sites for hydroxylation is 1. The van der Waals surface area contributed by atoms with Crippen molar-refractivity contribution in [3.05, 3.63) is 23.5 Å². The fourth-order valence-corrected chi connectivity index (χ4v) is 5.52. The van der Waals surface area contributed by atoms with Gasteiger partial charge in [-0.2, -0.15) is 13.2 Å². The fraction of sp³-hybridized carbons (Fsp3) is 0.737. The lowest BCUT2D eigenvalue weighted by Gasteiger charge is -2.42. The van der Waals surface area contributed by atoms with Crippen LogP contribution in [0.5, 0.6) is 0 Å². The molecule has 0 aliphatic carbocycles. The van der Waals surface area contributed by atoms with Crippen LogP contribution in [0.2, 0.25) is 0 Å². The third-order valence-corrected chi connectivity index (χ3v) is 7.35. The van der Waals surface area contributed by atoms with E-state index < -0.39 is 11.9 Å². The van der Waals surface area contributed by atoms with E-state index in [1.165, 1.54) is 0 Å². The monoisotopic (exact) mass is 401 g/mol. The summed E-state index contributed by atoms with van der Waals surface area (Å²) in [5.41, 5.74) is -0.0930. The van der Waals surface area contributed by atoms with Crippen molar-refractivity contribution in [2.24, 2.45) is 5.41 Å². The Morgan fingerprint density at radius 2 is 1.93 bits per heavy atom. The standard InChI is InChI=1S/C19H26F3N3OS/c1-12-16(5-6-17(24-12)19(20,21)22)27-25-14-3-4-15(25)8-13(7-14)23-9-18(2)10-26-11-18/h5-6,13-15,23H,3-4,7-11H2,1-2H3/t13?,14-,15+. The SMILES string of the molecule is Cc1nc(C(F)(F)F)ccc1SN1[C@@H]2CC[C@H]1CC(NCC1(C)COC1)C2. The highest BCUT2D eigenvalue weighted by atomic mass is 32.2. The van der Waals surface area contributed by atoms with Gasteiger partial charge >= 0.3 is 6.18 Å². The molecule has 0 spiro atoms. The third kappa shape index (κ3) is 4.13. The Kier molecular flexibility index (Phi) is 5.20. The van der Waals surface area contributed by atoms with Crippen LogP contribution in [0, 0.1) is 12.3 Å². The van der Waals surface area contributed by atoms with Gasteiger partial charge in [-0.25, -0.2) is 9.29 Å². The number of hydrogen-bond acceptors (Lipinski definition) is 5. The summed E-state index contributed by atoms with van der Waals surface area (Å²) in [7, 11) is 0. The quantitative estimate of drug-likeness (QED) is 0.754. The van der Waals surface area contributed by atoms with Crippen LogP contribution in [0.15, 0.2) is 17.0 Å². The van der Waals surface area contributed by atoms with Gasteiger partial charge in [0, 0.05) is 35.0 Å². The van der Waals surface area contributed by atoms with Crippen LogP contribution >= 0.6 is 11.9 Å². The van der Waals surface area contributed by atoms with Gasteiger partial charge in [-0.1, -0.05) is 6.92 Å². The van der Waals surface area contributed by atoms with Crippen LogP contribution in [-0.2, 0) is 10.9 Å². The second kappa shape index (κ2) is 7.21. The Balaban J connectivity index is 1.37. The number of hydrogen-bond donors (Lipinski definition) is 1. The third-order valence-electron chi connectivity index (χ3n) is 5.92. The molecule has 0 amide bonds. The topological polar surface area (TPSA) is 37.4 Å². The molecule has 0 saturated carbocycles. The summed E-state index contributed by atoms with van der Waals surface area (Å²) in [5, 5.41) is 3.73. The van der Waals surface area contributed by atoms with Gasteiger partial charge in [0.15, 0.2) is 0 Å². The number of aromatic nitrogens is 1. The summed E-state index contributed by atoms with van der Waals surface area (Å²) in [4.78, 5) is 4.60. The van der Waals surface area contributed by atoms with Crippen LogP contribution < -0.4 is 5.32 Å². The fourth-order valence-electron chi connectivity index (χ4n) is 4.31. The maximum absolute atomic E-state index is 12.8. The average Bonchev–Trinajstić information content (AvgIpc) is 2.81. The summed E-state index contributed by atoms with van der Waals surface area (Å²) < 4.78 is 46.2. The van der Waals surface area contributed by atoms with Crippen molar-refractivity contribution in [1.82, 2.24) is 14.6 Å². The molecule has 4 heterocycles. The zero-order valence-electron chi connectivity index (χ0n) is 15.7. The van der Waals surface area contributed by atoms with Crippen molar-refractivity contribution < 1.29 is 17.9 Å². The molecule has 1 unspecified atom stereocenters. The van der Waals surface area contributed by atoms with Crippen molar-refractivity contribution in [3.8, 4) is 0 Å². The lowest BCUT2D eigenvalue weighted by atomic mass is 9.87. The molecule has 1 aromatic heterocycles. The van der Waals surface area contributed by atoms with Crippen LogP contribution in [-0.4, -0.2) is 47.2 Å². The Morgan fingerprint density at radius 1 is 1.26 bits per heavy atom. The van der Waals surface area contributed by atoms with Gasteiger partial charge < -0.3 is 10.1 Å². The number of halogens is 3. The summed E-state index contributed by atoms with van der Waals surface area (Å²) in [6.45, 7) is 6.58. The molecule has 1 N–H and O–H groups in total. The predicted octanol–water partition coefficient (Wildman–Crippen LogP) is 4.04. The number of rotatable bonds is 5. The van der Waals surface area contributed by atoms with E-state index in [0.717, 1.165) is 56.4 Å². The van der Waals surface area contributed by atoms with Crippen LogP contribution in [0.3, 0.4) is 0 Å². The lowest BCUT2D eigenvalue weighted by Crippen LogP contribution is -2.52. The highest BCUT2D eigenvalue weighted by Gasteiger charge is 2.43. The molecule has 0 radical (unpaired) electrons. The maximum Gasteiger partial charge on any atom is 0.433 e. The van der Waals surface area contributed by atoms with Gasteiger partial charge in [0.05, 0.1) is 18.9 Å². The highest BCUT2D eigenvalue weighted by Crippen LogP contribution is 2.44. The maximum atomic E-state index is 12.8. The van der Waals surface area contributed by atoms with Crippen molar-refractivity contribution in [1.29, 1.82) is 0 Å². The van der Waals surface area contributed by atoms with E-state index >= 15 is 0 Å². The molecule has 27 heavy (non-hydrogen) atoms. The van der Waals surface area contributed by atoms with Crippen molar-refractivity contribution >= 4 is 11.9 Å². The van der Waals surface area contributed by atoms with E-state index in [1.807, 2.05) is 0 Å². The normalized spacial score (nSPS) is 30.3. The van der Waals surface area contributed by atoms with E-state index in [2.05, 4.69) is 21.5 Å². The van der Waals surface area contributed by atoms with Gasteiger partial charge in [-0.15, -0.1) is 0 Å². The van der Waals surface area contributed by atoms with Crippen molar-refractivity contribution in [3.63, 3.8) is 0 Å². The number of pyridine rings is 1. The number of nitrogens with zero attached hydrogens (tertiary/aromatic N) is 2. The molecule has 4 rings (SSSR count). The molecular formula is C19H26F3N3OS. The number of ether oxygens (including phenoxy) is 1. The molecular weight excluding hydrogens is 375 g/mol. The summed E-state index contributed by atoms with van der Waals surface area (Å²) in [6.07, 6.45) is 0.104. The minimum atomic E-state index is -4.39. The molecule has 150 valence electrons. The number of nitrogens with one attached hydrogen (secondary N) is 1. The highest BCUT2D eigenvalue weighted by molar-refractivity contribution is 7.97. The first-order chi connectivity index (χ1) is 12.7. The van der Waals surface area contributed by atoms with Gasteiger partial charge in [0.1, 0.15) is 5.69 Å². The molecule has 8 heteroatoms. The lowest BCUT2D eigenvalue weighted by molar-refractivity contribution is -0.141. The van der Waals surface area contributed by atoms with Gasteiger partial charge in [-0.05, 0) is 56.7 Å². The minimum Gasteiger partial charge on any atom is -0.380 e. The summed E-state index contributed by atoms with van der Waals surface area (Å²) in [6, 6.07) is 4.12. The average molecular weight is 401 g/mol. The van der Waals surface area contributed by atoms with Crippen LogP contribution in [0.4, 0.5) is 13.2 Å². The molecule has 3 aliphatic rings. The van der Waals surface area contributed by atoms with E-state index in [9.17, 15) is 13.2 Å². The Labute approximate surface area is 162 Å². The smallest absolute Gasteiger partial charge is 0.380 e. The predicted molar refractivity (Wildman–Crippen MR) is 98.4 cm³/mol. The Morgan fingerprint density at radius 3 is 2.44 bits per heavy atom. The zero-order chi connectivity index (χ0) is 19.2. The van der Waals surface area contributed by atoms with E-state index in [0.29, 0.717) is 23.8 Å². The number of alkyl halides is 3. The number of fused-ring (bicyclic) bond motifs is 2. The van der Waals surface area contributed by atoms with Gasteiger partial charge in [0.25, 0.3) is 0 Å². The molecule has 3 saturated heterocycles. The molecule has 0 aromatic carbocycles. The first kappa shape index (κ1) is 19.5. The van der Waals surface area contributed by atoms with Gasteiger partial charge in [-0.3, -0.25) is 0 Å². The van der Waals surface area contributed by atoms with E-state index in [-0.39, 0.29) is 5.41 Å². The largest absolute Gasteiger partial charge is 0.433 e. The van der Waals surface area contributed by atoms with Crippen molar-refractivity contribution in [2.75, 3.05) is 19.8 Å². The van der Waals surface area contributed by atoms with Crippen molar-refractivity contribution in [2.45, 2.75) is 68.7 Å². The molecule has 1 aromatic rings. The Bertz CT molecular complexity index is 681. The second-order valence-corrected chi connectivity index (χ2v) is 9.51. The molecule has 3 atom stereocenters. The first-order valence-corrected chi connectivity index (χ1v) is 10.3. The van der Waals surface area contributed by atoms with Crippen LogP contribution in [0.25, 0.3) is 0 Å². The van der Waals surface area contributed by atoms with Crippen LogP contribution in [0.1, 0.15) is 44.0 Å². The first-order valence-electron chi connectivity index (χ1n) is 9.56. The van der Waals surface area contributed by atoms with E-state index in [4.69, 9.17) is 4.74 Å². The number of piperidine rings is 1. The molecule has 2 bridgehead atoms. The molecule has 3 aliphatic heterocycles. The molecule has 4 nitrogen and oxygen atoms in total. The molecule has 3 fully saturated rings. The minimum absolute atomic E-state index is 0.272. The Hall–Kier alpha value is -0.830. The van der Waals surface area contributed by atoms with Gasteiger partial charge in [0.2, 0.25) is 0 Å².